The lowest BCUT2D eigenvalue weighted by Gasteiger charge is -2.23. The van der Waals surface area contributed by atoms with Crippen LogP contribution in [-0.2, 0) is 24.4 Å². The fraction of sp³-hybridized carbons (Fsp3) is 0.250. The average molecular weight is 415 g/mol. The van der Waals surface area contributed by atoms with E-state index in [0.29, 0.717) is 15.7 Å². The monoisotopic (exact) mass is 415 g/mol. The van der Waals surface area contributed by atoms with Gasteiger partial charge in [-0.05, 0) is 49.7 Å². The zero-order valence-electron chi connectivity index (χ0n) is 16.0. The summed E-state index contributed by atoms with van der Waals surface area (Å²) in [4.78, 5) is 36.1. The molecule has 1 atom stereocenters. The maximum atomic E-state index is 13.0. The molecule has 29 heavy (non-hydrogen) atoms. The molecule has 2 aromatic rings. The van der Waals surface area contributed by atoms with Gasteiger partial charge in [-0.2, -0.15) is 0 Å². The molecule has 1 aliphatic rings. The fourth-order valence-corrected chi connectivity index (χ4v) is 4.69. The van der Waals surface area contributed by atoms with Gasteiger partial charge in [0.1, 0.15) is 6.04 Å². The van der Waals surface area contributed by atoms with Gasteiger partial charge in [-0.25, -0.2) is 12.7 Å². The molecule has 0 unspecified atom stereocenters. The third-order valence-corrected chi connectivity index (χ3v) is 6.36. The van der Waals surface area contributed by atoms with Gasteiger partial charge in [-0.3, -0.25) is 14.4 Å². The number of rotatable bonds is 5. The van der Waals surface area contributed by atoms with E-state index in [2.05, 4.69) is 10.6 Å². The molecule has 0 bridgehead atoms. The number of nitrogens with one attached hydrogen (secondary N) is 2. The maximum absolute atomic E-state index is 13.0. The Labute approximate surface area is 169 Å². The van der Waals surface area contributed by atoms with Gasteiger partial charge in [0.15, 0.2) is 0 Å². The Bertz CT molecular complexity index is 1050. The Balaban J connectivity index is 1.80. The largest absolute Gasteiger partial charge is 0.326 e. The van der Waals surface area contributed by atoms with Gasteiger partial charge < -0.3 is 10.6 Å². The van der Waals surface area contributed by atoms with Gasteiger partial charge in [0.2, 0.25) is 17.7 Å². The van der Waals surface area contributed by atoms with Crippen LogP contribution in [0.2, 0.25) is 0 Å². The molecule has 0 saturated carbocycles. The lowest BCUT2D eigenvalue weighted by atomic mass is 10.2. The molecule has 0 radical (unpaired) electrons. The fourth-order valence-electron chi connectivity index (χ4n) is 3.09. The van der Waals surface area contributed by atoms with Crippen LogP contribution in [0.15, 0.2) is 53.4 Å². The lowest BCUT2D eigenvalue weighted by Crippen LogP contribution is -2.45. The molecule has 152 valence electrons. The molecule has 0 aliphatic carbocycles. The molecular formula is C20H21N3O5S. The summed E-state index contributed by atoms with van der Waals surface area (Å²) in [6.07, 6.45) is 0.0877. The Morgan fingerprint density at radius 1 is 0.966 bits per heavy atom. The van der Waals surface area contributed by atoms with E-state index in [9.17, 15) is 22.8 Å². The molecule has 2 aromatic carbocycles. The van der Waals surface area contributed by atoms with Crippen molar-refractivity contribution in [2.24, 2.45) is 0 Å². The van der Waals surface area contributed by atoms with Crippen LogP contribution in [-0.4, -0.2) is 36.5 Å². The number of sulfonamides is 1. The van der Waals surface area contributed by atoms with Crippen LogP contribution < -0.4 is 10.6 Å². The smallest absolute Gasteiger partial charge is 0.267 e. The third kappa shape index (κ3) is 4.45. The van der Waals surface area contributed by atoms with Crippen LogP contribution in [0, 0.1) is 6.92 Å². The summed E-state index contributed by atoms with van der Waals surface area (Å²) in [5, 5.41) is 5.25. The van der Waals surface area contributed by atoms with Gasteiger partial charge in [0, 0.05) is 24.7 Å². The number of benzene rings is 2. The predicted molar refractivity (Wildman–Crippen MR) is 108 cm³/mol. The second-order valence-corrected chi connectivity index (χ2v) is 8.62. The topological polar surface area (TPSA) is 113 Å². The number of amides is 3. The van der Waals surface area contributed by atoms with E-state index in [1.54, 1.807) is 36.4 Å². The van der Waals surface area contributed by atoms with Crippen molar-refractivity contribution in [2.75, 3.05) is 10.6 Å². The first-order chi connectivity index (χ1) is 13.7. The van der Waals surface area contributed by atoms with Crippen molar-refractivity contribution in [3.63, 3.8) is 0 Å². The molecule has 0 spiro atoms. The van der Waals surface area contributed by atoms with Gasteiger partial charge >= 0.3 is 0 Å². The summed E-state index contributed by atoms with van der Waals surface area (Å²) < 4.78 is 26.6. The first kappa shape index (κ1) is 20.5. The molecular weight excluding hydrogens is 394 g/mol. The van der Waals surface area contributed by atoms with Gasteiger partial charge in [0.05, 0.1) is 4.90 Å². The number of carbonyl (C=O) groups excluding carboxylic acids is 3. The minimum atomic E-state index is -4.14. The van der Waals surface area contributed by atoms with E-state index >= 15 is 0 Å². The minimum absolute atomic E-state index is 0.0232. The highest BCUT2D eigenvalue weighted by Crippen LogP contribution is 2.28. The van der Waals surface area contributed by atoms with E-state index < -0.39 is 27.9 Å². The summed E-state index contributed by atoms with van der Waals surface area (Å²) in [7, 11) is -4.14. The first-order valence-corrected chi connectivity index (χ1v) is 10.4. The molecule has 3 amide bonds. The van der Waals surface area contributed by atoms with Crippen molar-refractivity contribution in [1.29, 1.82) is 0 Å². The van der Waals surface area contributed by atoms with Crippen molar-refractivity contribution in [1.82, 2.24) is 4.31 Å². The Kier molecular flexibility index (Phi) is 5.69. The second kappa shape index (κ2) is 8.04. The normalized spacial score (nSPS) is 16.6. The van der Waals surface area contributed by atoms with Crippen LogP contribution in [0.5, 0.6) is 0 Å². The maximum Gasteiger partial charge on any atom is 0.267 e. The highest BCUT2D eigenvalue weighted by atomic mass is 32.2. The number of anilines is 2. The molecule has 2 N–H and O–H groups in total. The summed E-state index contributed by atoms with van der Waals surface area (Å²) in [5.41, 5.74) is 1.87. The molecule has 1 heterocycles. The molecule has 8 nitrogen and oxygen atoms in total. The summed E-state index contributed by atoms with van der Waals surface area (Å²) in [6, 6.07) is 11.4. The summed E-state index contributed by atoms with van der Waals surface area (Å²) in [6.45, 7) is 3.21. The van der Waals surface area contributed by atoms with Gasteiger partial charge in [-0.1, -0.05) is 17.7 Å². The zero-order valence-corrected chi connectivity index (χ0v) is 16.8. The van der Waals surface area contributed by atoms with E-state index in [1.165, 1.54) is 19.1 Å². The van der Waals surface area contributed by atoms with E-state index in [-0.39, 0.29) is 23.6 Å². The van der Waals surface area contributed by atoms with Crippen LogP contribution in [0.25, 0.3) is 0 Å². The number of nitrogens with zero attached hydrogens (tertiary/aromatic N) is 1. The molecule has 1 fully saturated rings. The molecule has 1 aliphatic heterocycles. The van der Waals surface area contributed by atoms with Crippen molar-refractivity contribution in [3.05, 3.63) is 54.1 Å². The van der Waals surface area contributed by atoms with Crippen LogP contribution in [0.4, 0.5) is 11.4 Å². The standard InChI is InChI=1S/C20H21N3O5S/c1-13-3-9-17(10-4-13)29(27,28)23-18(11-12-19(23)25)20(26)22-16-7-5-15(6-8-16)21-14(2)24/h3-10,18H,11-12H2,1-2H3,(H,21,24)(H,22,26)/t18-/m0/s1. The quantitative estimate of drug-likeness (QED) is 0.778. The van der Waals surface area contributed by atoms with Crippen molar-refractivity contribution in [3.8, 4) is 0 Å². The number of aryl methyl sites for hydroxylation is 1. The second-order valence-electron chi connectivity index (χ2n) is 6.81. The number of hydrogen-bond acceptors (Lipinski definition) is 5. The number of carbonyl (C=O) groups is 3. The van der Waals surface area contributed by atoms with Crippen molar-refractivity contribution >= 4 is 39.1 Å². The Morgan fingerprint density at radius 3 is 2.07 bits per heavy atom. The van der Waals surface area contributed by atoms with Crippen molar-refractivity contribution in [2.45, 2.75) is 37.6 Å². The van der Waals surface area contributed by atoms with Crippen molar-refractivity contribution < 1.29 is 22.8 Å². The first-order valence-electron chi connectivity index (χ1n) is 9.01. The van der Waals surface area contributed by atoms with E-state index in [1.807, 2.05) is 6.92 Å². The molecule has 0 aromatic heterocycles. The molecule has 1 saturated heterocycles. The van der Waals surface area contributed by atoms with E-state index in [4.69, 9.17) is 0 Å². The lowest BCUT2D eigenvalue weighted by molar-refractivity contribution is -0.128. The predicted octanol–water partition coefficient (Wildman–Crippen LogP) is 2.27. The summed E-state index contributed by atoms with van der Waals surface area (Å²) in [5.74, 6) is -1.41. The van der Waals surface area contributed by atoms with Gasteiger partial charge in [-0.15, -0.1) is 0 Å². The highest BCUT2D eigenvalue weighted by molar-refractivity contribution is 7.89. The Morgan fingerprint density at radius 2 is 1.52 bits per heavy atom. The van der Waals surface area contributed by atoms with Crippen LogP contribution >= 0.6 is 0 Å². The number of hydrogen-bond donors (Lipinski definition) is 2. The SMILES string of the molecule is CC(=O)Nc1ccc(NC(=O)[C@@H]2CCC(=O)N2S(=O)(=O)c2ccc(C)cc2)cc1. The third-order valence-electron chi connectivity index (χ3n) is 4.51. The summed E-state index contributed by atoms with van der Waals surface area (Å²) >= 11 is 0. The molecule has 9 heteroatoms. The zero-order chi connectivity index (χ0) is 21.2. The minimum Gasteiger partial charge on any atom is -0.326 e. The highest BCUT2D eigenvalue weighted by Gasteiger charge is 2.44. The Hall–Kier alpha value is -3.20. The van der Waals surface area contributed by atoms with Crippen LogP contribution in [0.1, 0.15) is 25.3 Å². The molecule has 3 rings (SSSR count). The van der Waals surface area contributed by atoms with E-state index in [0.717, 1.165) is 5.56 Å². The van der Waals surface area contributed by atoms with Crippen LogP contribution in [0.3, 0.4) is 0 Å². The van der Waals surface area contributed by atoms with Gasteiger partial charge in [0.25, 0.3) is 10.0 Å². The average Bonchev–Trinajstić information content (AvgIpc) is 3.06.